The van der Waals surface area contributed by atoms with Crippen molar-refractivity contribution in [3.63, 3.8) is 0 Å². The molecule has 0 radical (unpaired) electrons. The van der Waals surface area contributed by atoms with E-state index in [-0.39, 0.29) is 35.5 Å². The molecule has 25 heavy (non-hydrogen) atoms. The minimum atomic E-state index is 0. The number of hydrogen-bond donors (Lipinski definition) is 1. The number of guanidine groups is 1. The van der Waals surface area contributed by atoms with Crippen LogP contribution in [0.5, 0.6) is 0 Å². The number of nitrogens with one attached hydrogen (secondary N) is 1. The Morgan fingerprint density at radius 3 is 2.52 bits per heavy atom. The number of methoxy groups -OCH3 is 1. The molecular weight excluding hydrogens is 431 g/mol. The molecule has 2 unspecified atom stereocenters. The molecule has 6 nitrogen and oxygen atoms in total. The normalized spacial score (nSPS) is 24.1. The predicted molar refractivity (Wildman–Crippen MR) is 114 cm³/mol. The molecule has 2 saturated heterocycles. The quantitative estimate of drug-likeness (QED) is 0.380. The van der Waals surface area contributed by atoms with E-state index in [9.17, 15) is 0 Å². The Bertz CT molecular complexity index is 408. The van der Waals surface area contributed by atoms with E-state index in [0.29, 0.717) is 12.6 Å². The zero-order valence-electron chi connectivity index (χ0n) is 16.6. The highest BCUT2D eigenvalue weighted by atomic mass is 127. The lowest BCUT2D eigenvalue weighted by molar-refractivity contribution is 0.0193. The molecule has 0 aromatic rings. The number of likely N-dealkylation sites (tertiary alicyclic amines) is 1. The Morgan fingerprint density at radius 2 is 1.96 bits per heavy atom. The molecule has 7 heteroatoms. The molecule has 2 fully saturated rings. The summed E-state index contributed by atoms with van der Waals surface area (Å²) in [4.78, 5) is 9.85. The molecule has 0 aromatic heterocycles. The van der Waals surface area contributed by atoms with Gasteiger partial charge in [-0.2, -0.15) is 0 Å². The van der Waals surface area contributed by atoms with Gasteiger partial charge in [0.1, 0.15) is 0 Å². The predicted octanol–water partition coefficient (Wildman–Crippen LogP) is 2.04. The number of aliphatic imine (C=N–C) groups is 1. The van der Waals surface area contributed by atoms with Crippen LogP contribution in [0, 0.1) is 5.41 Å². The summed E-state index contributed by atoms with van der Waals surface area (Å²) in [7, 11) is 1.78. The lowest BCUT2D eigenvalue weighted by atomic mass is 9.89. The summed E-state index contributed by atoms with van der Waals surface area (Å²) < 4.78 is 11.1. The second-order valence-corrected chi connectivity index (χ2v) is 7.82. The van der Waals surface area contributed by atoms with E-state index in [0.717, 1.165) is 51.9 Å². The van der Waals surface area contributed by atoms with Gasteiger partial charge in [-0.25, -0.2) is 0 Å². The monoisotopic (exact) mass is 468 g/mol. The molecule has 0 aromatic carbocycles. The van der Waals surface area contributed by atoms with Crippen molar-refractivity contribution in [3.8, 4) is 0 Å². The average Bonchev–Trinajstić information content (AvgIpc) is 3.04. The van der Waals surface area contributed by atoms with Crippen LogP contribution in [0.25, 0.3) is 0 Å². The molecule has 148 valence electrons. The Labute approximate surface area is 170 Å². The Morgan fingerprint density at radius 1 is 1.28 bits per heavy atom. The van der Waals surface area contributed by atoms with Crippen LogP contribution in [0.1, 0.15) is 34.1 Å². The van der Waals surface area contributed by atoms with Crippen molar-refractivity contribution >= 4 is 29.9 Å². The molecule has 2 aliphatic heterocycles. The lowest BCUT2D eigenvalue weighted by Crippen LogP contribution is -2.47. The van der Waals surface area contributed by atoms with Crippen molar-refractivity contribution in [2.75, 3.05) is 59.6 Å². The van der Waals surface area contributed by atoms with E-state index >= 15 is 0 Å². The van der Waals surface area contributed by atoms with Gasteiger partial charge < -0.3 is 19.7 Å². The maximum atomic E-state index is 5.65. The van der Waals surface area contributed by atoms with Crippen LogP contribution in [-0.2, 0) is 9.47 Å². The molecule has 0 bridgehead atoms. The van der Waals surface area contributed by atoms with Crippen molar-refractivity contribution in [3.05, 3.63) is 0 Å². The van der Waals surface area contributed by atoms with Gasteiger partial charge in [-0.3, -0.25) is 9.89 Å². The first-order valence-electron chi connectivity index (χ1n) is 9.33. The van der Waals surface area contributed by atoms with Gasteiger partial charge in [0, 0.05) is 45.9 Å². The van der Waals surface area contributed by atoms with Crippen LogP contribution in [0.2, 0.25) is 0 Å². The summed E-state index contributed by atoms with van der Waals surface area (Å²) in [6, 6.07) is 0.624. The van der Waals surface area contributed by atoms with Crippen LogP contribution >= 0.6 is 24.0 Å². The standard InChI is InChI=1S/C18H36N4O2.HI/c1-6-19-17(20-13-16(23-5)18(2,3)4)22-8-7-15(14-22)21-9-11-24-12-10-21;/h15-16H,6-14H2,1-5H3,(H,19,20);1H. The first kappa shape index (κ1) is 22.9. The van der Waals surface area contributed by atoms with Gasteiger partial charge in [-0.05, 0) is 18.8 Å². The first-order chi connectivity index (χ1) is 11.5. The first-order valence-corrected chi connectivity index (χ1v) is 9.33. The number of ether oxygens (including phenoxy) is 2. The van der Waals surface area contributed by atoms with Crippen LogP contribution < -0.4 is 5.32 Å². The summed E-state index contributed by atoms with van der Waals surface area (Å²) in [6.07, 6.45) is 1.33. The molecule has 2 aliphatic rings. The molecular formula is C18H37IN4O2. The van der Waals surface area contributed by atoms with Crippen molar-refractivity contribution in [1.82, 2.24) is 15.1 Å². The van der Waals surface area contributed by atoms with Crippen molar-refractivity contribution in [2.24, 2.45) is 10.4 Å². The van der Waals surface area contributed by atoms with Crippen LogP contribution in [-0.4, -0.2) is 87.5 Å². The molecule has 2 atom stereocenters. The number of halogens is 1. The zero-order valence-corrected chi connectivity index (χ0v) is 18.9. The van der Waals surface area contributed by atoms with Gasteiger partial charge in [0.2, 0.25) is 0 Å². The van der Waals surface area contributed by atoms with Crippen molar-refractivity contribution in [2.45, 2.75) is 46.3 Å². The van der Waals surface area contributed by atoms with E-state index in [2.05, 4.69) is 42.8 Å². The van der Waals surface area contributed by atoms with Gasteiger partial charge in [0.25, 0.3) is 0 Å². The smallest absolute Gasteiger partial charge is 0.194 e. The third kappa shape index (κ3) is 6.84. The van der Waals surface area contributed by atoms with Crippen molar-refractivity contribution < 1.29 is 9.47 Å². The number of hydrogen-bond acceptors (Lipinski definition) is 4. The summed E-state index contributed by atoms with van der Waals surface area (Å²) in [6.45, 7) is 16.3. The van der Waals surface area contributed by atoms with E-state index in [1.165, 1.54) is 6.42 Å². The highest BCUT2D eigenvalue weighted by Crippen LogP contribution is 2.22. The number of nitrogens with zero attached hydrogens (tertiary/aromatic N) is 3. The Kier molecular flexibility index (Phi) is 9.98. The van der Waals surface area contributed by atoms with Gasteiger partial charge in [-0.1, -0.05) is 20.8 Å². The third-order valence-electron chi connectivity index (χ3n) is 5.02. The molecule has 2 rings (SSSR count). The van der Waals surface area contributed by atoms with Gasteiger partial charge in [0.05, 0.1) is 25.9 Å². The largest absolute Gasteiger partial charge is 0.379 e. The number of morpholine rings is 1. The maximum Gasteiger partial charge on any atom is 0.194 e. The minimum absolute atomic E-state index is 0. The van der Waals surface area contributed by atoms with E-state index in [4.69, 9.17) is 14.5 Å². The van der Waals surface area contributed by atoms with Gasteiger partial charge >= 0.3 is 0 Å². The highest BCUT2D eigenvalue weighted by molar-refractivity contribution is 14.0. The fourth-order valence-electron chi connectivity index (χ4n) is 3.47. The highest BCUT2D eigenvalue weighted by Gasteiger charge is 2.31. The summed E-state index contributed by atoms with van der Waals surface area (Å²) in [5.41, 5.74) is 0.0942. The second-order valence-electron chi connectivity index (χ2n) is 7.82. The Hall–Kier alpha value is -0.120. The van der Waals surface area contributed by atoms with E-state index in [1.54, 1.807) is 7.11 Å². The SMILES string of the molecule is CCNC(=NCC(OC)C(C)(C)C)N1CCC(N2CCOCC2)C1.I. The summed E-state index contributed by atoms with van der Waals surface area (Å²) in [5.74, 6) is 1.03. The van der Waals surface area contributed by atoms with Crippen LogP contribution in [0.4, 0.5) is 0 Å². The minimum Gasteiger partial charge on any atom is -0.379 e. The summed E-state index contributed by atoms with van der Waals surface area (Å²) >= 11 is 0. The fraction of sp³-hybridized carbons (Fsp3) is 0.944. The molecule has 0 spiro atoms. The maximum absolute atomic E-state index is 5.65. The molecule has 1 N–H and O–H groups in total. The fourth-order valence-corrected chi connectivity index (χ4v) is 3.47. The summed E-state index contributed by atoms with van der Waals surface area (Å²) in [5, 5.41) is 3.46. The van der Waals surface area contributed by atoms with Gasteiger partial charge in [-0.15, -0.1) is 24.0 Å². The number of rotatable bonds is 5. The average molecular weight is 468 g/mol. The third-order valence-corrected chi connectivity index (χ3v) is 5.02. The van der Waals surface area contributed by atoms with Crippen molar-refractivity contribution in [1.29, 1.82) is 0 Å². The van der Waals surface area contributed by atoms with Gasteiger partial charge in [0.15, 0.2) is 5.96 Å². The molecule has 2 heterocycles. The van der Waals surface area contributed by atoms with E-state index < -0.39 is 0 Å². The molecule has 0 saturated carbocycles. The Balaban J connectivity index is 0.00000312. The zero-order chi connectivity index (χ0) is 17.6. The van der Waals surface area contributed by atoms with E-state index in [1.807, 2.05) is 0 Å². The molecule has 0 aliphatic carbocycles. The van der Waals surface area contributed by atoms with Crippen LogP contribution in [0.15, 0.2) is 4.99 Å². The second kappa shape index (κ2) is 10.9. The van der Waals surface area contributed by atoms with Crippen LogP contribution in [0.3, 0.4) is 0 Å². The molecule has 0 amide bonds. The topological polar surface area (TPSA) is 49.3 Å². The lowest BCUT2D eigenvalue weighted by Gasteiger charge is -2.32.